The Morgan fingerprint density at radius 3 is 2.30 bits per heavy atom. The van der Waals surface area contributed by atoms with E-state index in [4.69, 9.17) is 5.11 Å². The number of non-ortho nitro benzene ring substituents is 1. The molecule has 6 heteroatoms. The molecule has 0 aromatic heterocycles. The Balaban J connectivity index is 2.87. The number of carboxylic acids is 1. The highest BCUT2D eigenvalue weighted by atomic mass is 16.6. The highest BCUT2D eigenvalue weighted by Crippen LogP contribution is 2.25. The molecule has 0 bridgehead atoms. The monoisotopic (exact) mass is 280 g/mol. The average molecular weight is 280 g/mol. The number of carbonyl (C=O) groups is 1. The van der Waals surface area contributed by atoms with Gasteiger partial charge in [-0.3, -0.25) is 19.8 Å². The van der Waals surface area contributed by atoms with Gasteiger partial charge in [0, 0.05) is 24.2 Å². The average Bonchev–Trinajstić information content (AvgIpc) is 2.38. The van der Waals surface area contributed by atoms with Crippen LogP contribution in [-0.2, 0) is 4.79 Å². The van der Waals surface area contributed by atoms with Crippen molar-refractivity contribution in [3.05, 3.63) is 39.9 Å². The van der Waals surface area contributed by atoms with Gasteiger partial charge in [-0.2, -0.15) is 0 Å². The zero-order valence-corrected chi connectivity index (χ0v) is 11.9. The lowest BCUT2D eigenvalue weighted by Crippen LogP contribution is -2.36. The topological polar surface area (TPSA) is 83.7 Å². The van der Waals surface area contributed by atoms with E-state index in [2.05, 4.69) is 4.90 Å². The van der Waals surface area contributed by atoms with E-state index in [1.807, 2.05) is 20.8 Å². The Morgan fingerprint density at radius 2 is 1.90 bits per heavy atom. The maximum Gasteiger partial charge on any atom is 0.304 e. The number of rotatable bonds is 7. The molecule has 1 aromatic rings. The molecule has 0 aliphatic carbocycles. The van der Waals surface area contributed by atoms with Crippen molar-refractivity contribution >= 4 is 11.7 Å². The van der Waals surface area contributed by atoms with Gasteiger partial charge in [-0.15, -0.1) is 0 Å². The van der Waals surface area contributed by atoms with Crippen LogP contribution in [-0.4, -0.2) is 33.5 Å². The van der Waals surface area contributed by atoms with E-state index in [0.29, 0.717) is 6.54 Å². The van der Waals surface area contributed by atoms with Gasteiger partial charge in [0.05, 0.1) is 11.3 Å². The van der Waals surface area contributed by atoms with Crippen LogP contribution >= 0.6 is 0 Å². The van der Waals surface area contributed by atoms with E-state index in [9.17, 15) is 14.9 Å². The normalized spacial score (nSPS) is 14.0. The lowest BCUT2D eigenvalue weighted by molar-refractivity contribution is -0.384. The Hall–Kier alpha value is -1.95. The van der Waals surface area contributed by atoms with Crippen molar-refractivity contribution in [3.8, 4) is 0 Å². The molecule has 1 N–H and O–H groups in total. The minimum Gasteiger partial charge on any atom is -0.481 e. The van der Waals surface area contributed by atoms with Crippen LogP contribution in [0.15, 0.2) is 24.3 Å². The zero-order chi connectivity index (χ0) is 15.3. The predicted octanol–water partition coefficient (Wildman–Crippen LogP) is 2.84. The van der Waals surface area contributed by atoms with Crippen LogP contribution in [0.25, 0.3) is 0 Å². The third-order valence-corrected chi connectivity index (χ3v) is 3.49. The Morgan fingerprint density at radius 1 is 1.35 bits per heavy atom. The number of benzene rings is 1. The molecule has 0 saturated heterocycles. The minimum atomic E-state index is -0.827. The number of aliphatic carboxylic acids is 1. The van der Waals surface area contributed by atoms with Crippen LogP contribution in [0.2, 0.25) is 0 Å². The summed E-state index contributed by atoms with van der Waals surface area (Å²) >= 11 is 0. The summed E-state index contributed by atoms with van der Waals surface area (Å²) < 4.78 is 0. The van der Waals surface area contributed by atoms with Gasteiger partial charge in [0.15, 0.2) is 0 Å². The van der Waals surface area contributed by atoms with Crippen LogP contribution in [0, 0.1) is 10.1 Å². The van der Waals surface area contributed by atoms with E-state index in [1.165, 1.54) is 12.1 Å². The third kappa shape index (κ3) is 4.03. The molecular formula is C14H20N2O4. The Kier molecular flexibility index (Phi) is 5.64. The summed E-state index contributed by atoms with van der Waals surface area (Å²) in [6.45, 7) is 6.54. The van der Waals surface area contributed by atoms with E-state index in [1.54, 1.807) is 12.1 Å². The summed E-state index contributed by atoms with van der Waals surface area (Å²) in [4.78, 5) is 23.1. The second-order valence-electron chi connectivity index (χ2n) is 4.80. The minimum absolute atomic E-state index is 0.00940. The van der Waals surface area contributed by atoms with Gasteiger partial charge in [-0.05, 0) is 26.0 Å². The van der Waals surface area contributed by atoms with E-state index in [-0.39, 0.29) is 24.2 Å². The van der Waals surface area contributed by atoms with Gasteiger partial charge in [-0.1, -0.05) is 19.1 Å². The lowest BCUT2D eigenvalue weighted by atomic mass is 10.0. The van der Waals surface area contributed by atoms with E-state index in [0.717, 1.165) is 5.56 Å². The summed E-state index contributed by atoms with van der Waals surface area (Å²) in [5.41, 5.74) is 0.997. The fourth-order valence-corrected chi connectivity index (χ4v) is 2.40. The van der Waals surface area contributed by atoms with Crippen molar-refractivity contribution in [2.24, 2.45) is 0 Å². The first-order valence-corrected chi connectivity index (χ1v) is 6.58. The first-order chi connectivity index (χ1) is 9.36. The highest BCUT2D eigenvalue weighted by Gasteiger charge is 2.22. The number of nitro benzene ring substituents is 1. The maximum atomic E-state index is 10.8. The second-order valence-corrected chi connectivity index (χ2v) is 4.80. The number of carboxylic acid groups (broad SMARTS) is 1. The Labute approximate surface area is 118 Å². The fourth-order valence-electron chi connectivity index (χ4n) is 2.40. The number of nitrogens with zero attached hydrogens (tertiary/aromatic N) is 2. The number of hydrogen-bond acceptors (Lipinski definition) is 4. The Bertz CT molecular complexity index is 473. The lowest BCUT2D eigenvalue weighted by Gasteiger charge is -2.33. The molecule has 110 valence electrons. The highest BCUT2D eigenvalue weighted by molar-refractivity contribution is 5.67. The van der Waals surface area contributed by atoms with Gasteiger partial charge >= 0.3 is 5.97 Å². The van der Waals surface area contributed by atoms with E-state index < -0.39 is 10.9 Å². The van der Waals surface area contributed by atoms with Crippen molar-refractivity contribution in [2.45, 2.75) is 39.3 Å². The molecule has 0 saturated carbocycles. The fraction of sp³-hybridized carbons (Fsp3) is 0.500. The van der Waals surface area contributed by atoms with Crippen molar-refractivity contribution < 1.29 is 14.8 Å². The standard InChI is InChI=1S/C14H20N2O4/c1-4-15(10(2)9-14(17)18)11(3)12-5-7-13(8-6-12)16(19)20/h5-8,10-11H,4,9H2,1-3H3,(H,17,18). The second kappa shape index (κ2) is 7.00. The number of nitro groups is 1. The molecule has 0 heterocycles. The van der Waals surface area contributed by atoms with Crippen LogP contribution in [0.1, 0.15) is 38.8 Å². The largest absolute Gasteiger partial charge is 0.481 e. The molecule has 2 atom stereocenters. The van der Waals surface area contributed by atoms with Gasteiger partial charge < -0.3 is 5.11 Å². The first kappa shape index (κ1) is 16.1. The summed E-state index contributed by atoms with van der Waals surface area (Å²) in [5.74, 6) is -0.827. The predicted molar refractivity (Wildman–Crippen MR) is 75.6 cm³/mol. The van der Waals surface area contributed by atoms with Gasteiger partial charge in [-0.25, -0.2) is 0 Å². The van der Waals surface area contributed by atoms with Crippen LogP contribution in [0.5, 0.6) is 0 Å². The van der Waals surface area contributed by atoms with Crippen molar-refractivity contribution in [1.82, 2.24) is 4.90 Å². The molecule has 0 spiro atoms. The first-order valence-electron chi connectivity index (χ1n) is 6.58. The molecule has 0 aliphatic rings. The zero-order valence-electron chi connectivity index (χ0n) is 11.9. The number of hydrogen-bond donors (Lipinski definition) is 1. The smallest absolute Gasteiger partial charge is 0.304 e. The van der Waals surface area contributed by atoms with Gasteiger partial charge in [0.25, 0.3) is 5.69 Å². The molecule has 6 nitrogen and oxygen atoms in total. The third-order valence-electron chi connectivity index (χ3n) is 3.49. The molecule has 0 fully saturated rings. The quantitative estimate of drug-likeness (QED) is 0.613. The van der Waals surface area contributed by atoms with Crippen molar-refractivity contribution in [1.29, 1.82) is 0 Å². The SMILES string of the molecule is CCN(C(C)CC(=O)O)C(C)c1ccc([N+](=O)[O-])cc1. The molecule has 0 amide bonds. The van der Waals surface area contributed by atoms with Crippen LogP contribution in [0.3, 0.4) is 0 Å². The summed E-state index contributed by atoms with van der Waals surface area (Å²) in [5, 5.41) is 19.5. The van der Waals surface area contributed by atoms with Crippen LogP contribution < -0.4 is 0 Å². The van der Waals surface area contributed by atoms with Gasteiger partial charge in [0.2, 0.25) is 0 Å². The molecule has 2 unspecified atom stereocenters. The molecule has 0 aliphatic heterocycles. The summed E-state index contributed by atoms with van der Waals surface area (Å²) in [6.07, 6.45) is 0.0746. The molecule has 1 rings (SSSR count). The van der Waals surface area contributed by atoms with Crippen molar-refractivity contribution in [2.75, 3.05) is 6.54 Å². The maximum absolute atomic E-state index is 10.8. The molecular weight excluding hydrogens is 260 g/mol. The molecule has 1 aromatic carbocycles. The van der Waals surface area contributed by atoms with Gasteiger partial charge in [0.1, 0.15) is 0 Å². The summed E-state index contributed by atoms with van der Waals surface area (Å²) in [6, 6.07) is 6.30. The molecule has 0 radical (unpaired) electrons. The van der Waals surface area contributed by atoms with E-state index >= 15 is 0 Å². The van der Waals surface area contributed by atoms with Crippen LogP contribution in [0.4, 0.5) is 5.69 Å². The van der Waals surface area contributed by atoms with Crippen molar-refractivity contribution in [3.63, 3.8) is 0 Å². The summed E-state index contributed by atoms with van der Waals surface area (Å²) in [7, 11) is 0. The molecule has 20 heavy (non-hydrogen) atoms.